The van der Waals surface area contributed by atoms with E-state index in [9.17, 15) is 4.79 Å². The summed E-state index contributed by atoms with van der Waals surface area (Å²) in [5, 5.41) is 0.583. The van der Waals surface area contributed by atoms with Gasteiger partial charge in [-0.15, -0.1) is 0 Å². The molecule has 0 unspecified atom stereocenters. The third-order valence-corrected chi connectivity index (χ3v) is 4.10. The van der Waals surface area contributed by atoms with Gasteiger partial charge in [0.15, 0.2) is 0 Å². The SMILES string of the molecule is CN(Cc1cccc(N)c1)C(=O)c1ccc(Cl)c(Br)c1. The standard InChI is InChI=1S/C15H14BrClN2O/c1-19(9-10-3-2-4-12(18)7-10)15(20)11-5-6-14(17)13(16)8-11/h2-8H,9,18H2,1H3. The zero-order chi connectivity index (χ0) is 14.7. The lowest BCUT2D eigenvalue weighted by molar-refractivity contribution is 0.0785. The third-order valence-electron chi connectivity index (χ3n) is 2.88. The first-order chi connectivity index (χ1) is 9.47. The Morgan fingerprint density at radius 3 is 2.70 bits per heavy atom. The van der Waals surface area contributed by atoms with Crippen molar-refractivity contribution in [2.45, 2.75) is 6.54 Å². The van der Waals surface area contributed by atoms with E-state index >= 15 is 0 Å². The average molecular weight is 354 g/mol. The van der Waals surface area contributed by atoms with Crippen molar-refractivity contribution in [3.05, 3.63) is 63.1 Å². The highest BCUT2D eigenvalue weighted by Crippen LogP contribution is 2.24. The number of anilines is 1. The molecule has 2 rings (SSSR count). The number of carbonyl (C=O) groups is 1. The number of nitrogen functional groups attached to an aromatic ring is 1. The van der Waals surface area contributed by atoms with E-state index in [4.69, 9.17) is 17.3 Å². The molecular weight excluding hydrogens is 340 g/mol. The summed E-state index contributed by atoms with van der Waals surface area (Å²) in [4.78, 5) is 14.0. The summed E-state index contributed by atoms with van der Waals surface area (Å²) in [7, 11) is 1.76. The summed E-state index contributed by atoms with van der Waals surface area (Å²) < 4.78 is 0.711. The fourth-order valence-corrected chi connectivity index (χ4v) is 2.38. The van der Waals surface area contributed by atoms with E-state index in [2.05, 4.69) is 15.9 Å². The third kappa shape index (κ3) is 3.52. The van der Waals surface area contributed by atoms with Gasteiger partial charge >= 0.3 is 0 Å². The van der Waals surface area contributed by atoms with E-state index in [-0.39, 0.29) is 5.91 Å². The van der Waals surface area contributed by atoms with Crippen molar-refractivity contribution in [3.8, 4) is 0 Å². The first-order valence-electron chi connectivity index (χ1n) is 6.02. The molecular formula is C15H14BrClN2O. The van der Waals surface area contributed by atoms with E-state index in [1.807, 2.05) is 24.3 Å². The van der Waals surface area contributed by atoms with Crippen LogP contribution in [-0.4, -0.2) is 17.9 Å². The molecule has 0 saturated heterocycles. The zero-order valence-electron chi connectivity index (χ0n) is 10.9. The molecule has 0 saturated carbocycles. The second kappa shape index (κ2) is 6.29. The first-order valence-corrected chi connectivity index (χ1v) is 7.19. The smallest absolute Gasteiger partial charge is 0.253 e. The van der Waals surface area contributed by atoms with Crippen LogP contribution >= 0.6 is 27.5 Å². The molecule has 0 aliphatic heterocycles. The molecule has 0 fully saturated rings. The molecule has 2 N–H and O–H groups in total. The number of nitrogens with zero attached hydrogens (tertiary/aromatic N) is 1. The van der Waals surface area contributed by atoms with Crippen LogP contribution in [0, 0.1) is 0 Å². The average Bonchev–Trinajstić information content (AvgIpc) is 2.41. The van der Waals surface area contributed by atoms with E-state index in [1.54, 1.807) is 30.1 Å². The Balaban J connectivity index is 2.14. The highest BCUT2D eigenvalue weighted by molar-refractivity contribution is 9.10. The van der Waals surface area contributed by atoms with Gasteiger partial charge in [-0.1, -0.05) is 23.7 Å². The van der Waals surface area contributed by atoms with Crippen molar-refractivity contribution in [2.24, 2.45) is 0 Å². The second-order valence-electron chi connectivity index (χ2n) is 4.54. The fourth-order valence-electron chi connectivity index (χ4n) is 1.89. The minimum absolute atomic E-state index is 0.0650. The number of halogens is 2. The predicted molar refractivity (Wildman–Crippen MR) is 85.8 cm³/mol. The quantitative estimate of drug-likeness (QED) is 0.849. The van der Waals surface area contributed by atoms with Crippen LogP contribution in [0.15, 0.2) is 46.9 Å². The molecule has 0 aromatic heterocycles. The summed E-state index contributed by atoms with van der Waals surface area (Å²) >= 11 is 9.25. The first kappa shape index (κ1) is 14.9. The molecule has 0 heterocycles. The van der Waals surface area contributed by atoms with Crippen LogP contribution in [0.2, 0.25) is 5.02 Å². The largest absolute Gasteiger partial charge is 0.399 e. The number of hydrogen-bond donors (Lipinski definition) is 1. The van der Waals surface area contributed by atoms with Crippen molar-refractivity contribution in [1.29, 1.82) is 0 Å². The lowest BCUT2D eigenvalue weighted by atomic mass is 10.1. The summed E-state index contributed by atoms with van der Waals surface area (Å²) in [6, 6.07) is 12.6. The summed E-state index contributed by atoms with van der Waals surface area (Å²) in [5.74, 6) is -0.0650. The molecule has 0 atom stereocenters. The van der Waals surface area contributed by atoms with Gasteiger partial charge in [0.1, 0.15) is 0 Å². The molecule has 3 nitrogen and oxygen atoms in total. The summed E-state index contributed by atoms with van der Waals surface area (Å²) in [5.41, 5.74) is 8.01. The van der Waals surface area contributed by atoms with Crippen LogP contribution in [0.5, 0.6) is 0 Å². The Morgan fingerprint density at radius 2 is 2.05 bits per heavy atom. The van der Waals surface area contributed by atoms with Crippen LogP contribution in [0.1, 0.15) is 15.9 Å². The van der Waals surface area contributed by atoms with E-state index < -0.39 is 0 Å². The van der Waals surface area contributed by atoms with Gasteiger partial charge in [-0.3, -0.25) is 4.79 Å². The van der Waals surface area contributed by atoms with E-state index in [0.717, 1.165) is 5.56 Å². The molecule has 5 heteroatoms. The number of benzene rings is 2. The number of carbonyl (C=O) groups excluding carboxylic acids is 1. The highest BCUT2D eigenvalue weighted by atomic mass is 79.9. The molecule has 2 aromatic carbocycles. The lowest BCUT2D eigenvalue weighted by Crippen LogP contribution is -2.26. The maximum absolute atomic E-state index is 12.3. The number of amides is 1. The predicted octanol–water partition coefficient (Wildman–Crippen LogP) is 3.96. The van der Waals surface area contributed by atoms with Gasteiger partial charge in [0, 0.05) is 29.3 Å². The van der Waals surface area contributed by atoms with Crippen molar-refractivity contribution in [3.63, 3.8) is 0 Å². The van der Waals surface area contributed by atoms with Gasteiger partial charge in [0.05, 0.1) is 5.02 Å². The van der Waals surface area contributed by atoms with Crippen molar-refractivity contribution in [2.75, 3.05) is 12.8 Å². The van der Waals surface area contributed by atoms with Gasteiger partial charge in [-0.2, -0.15) is 0 Å². The summed E-state index contributed by atoms with van der Waals surface area (Å²) in [6.07, 6.45) is 0. The van der Waals surface area contributed by atoms with E-state index in [1.165, 1.54) is 0 Å². The molecule has 0 radical (unpaired) electrons. The Kier molecular flexibility index (Phi) is 4.68. The van der Waals surface area contributed by atoms with Crippen LogP contribution in [0.3, 0.4) is 0 Å². The Labute approximate surface area is 131 Å². The van der Waals surface area contributed by atoms with Gasteiger partial charge in [0.2, 0.25) is 0 Å². The zero-order valence-corrected chi connectivity index (χ0v) is 13.3. The highest BCUT2D eigenvalue weighted by Gasteiger charge is 2.13. The number of rotatable bonds is 3. The fraction of sp³-hybridized carbons (Fsp3) is 0.133. The van der Waals surface area contributed by atoms with E-state index in [0.29, 0.717) is 27.3 Å². The Morgan fingerprint density at radius 1 is 1.30 bits per heavy atom. The normalized spacial score (nSPS) is 10.3. The van der Waals surface area contributed by atoms with Crippen LogP contribution in [0.25, 0.3) is 0 Å². The monoisotopic (exact) mass is 352 g/mol. The van der Waals surface area contributed by atoms with Crippen molar-refractivity contribution >= 4 is 39.1 Å². The van der Waals surface area contributed by atoms with Crippen LogP contribution in [-0.2, 0) is 6.54 Å². The molecule has 1 amide bonds. The number of hydrogen-bond acceptors (Lipinski definition) is 2. The van der Waals surface area contributed by atoms with Crippen LogP contribution < -0.4 is 5.73 Å². The van der Waals surface area contributed by atoms with Crippen molar-refractivity contribution in [1.82, 2.24) is 4.90 Å². The Hall–Kier alpha value is -1.52. The van der Waals surface area contributed by atoms with Gasteiger partial charge in [-0.25, -0.2) is 0 Å². The van der Waals surface area contributed by atoms with Crippen LogP contribution in [0.4, 0.5) is 5.69 Å². The molecule has 104 valence electrons. The maximum atomic E-state index is 12.3. The molecule has 0 spiro atoms. The van der Waals surface area contributed by atoms with Gasteiger partial charge in [-0.05, 0) is 51.8 Å². The second-order valence-corrected chi connectivity index (χ2v) is 5.80. The Bertz CT molecular complexity index is 646. The van der Waals surface area contributed by atoms with Gasteiger partial charge in [0.25, 0.3) is 5.91 Å². The summed E-state index contributed by atoms with van der Waals surface area (Å²) in [6.45, 7) is 0.504. The molecule has 2 aromatic rings. The van der Waals surface area contributed by atoms with Gasteiger partial charge < -0.3 is 10.6 Å². The molecule has 20 heavy (non-hydrogen) atoms. The number of nitrogens with two attached hydrogens (primary N) is 1. The maximum Gasteiger partial charge on any atom is 0.253 e. The molecule has 0 aliphatic rings. The minimum Gasteiger partial charge on any atom is -0.399 e. The molecule has 0 aliphatic carbocycles. The van der Waals surface area contributed by atoms with Crippen molar-refractivity contribution < 1.29 is 4.79 Å². The molecule has 0 bridgehead atoms. The topological polar surface area (TPSA) is 46.3 Å². The lowest BCUT2D eigenvalue weighted by Gasteiger charge is -2.18. The minimum atomic E-state index is -0.0650.